The van der Waals surface area contributed by atoms with Crippen LogP contribution in [0.5, 0.6) is 0 Å². The second-order valence-electron chi connectivity index (χ2n) is 13.7. The zero-order chi connectivity index (χ0) is 37.3. The molecule has 0 amide bonds. The van der Waals surface area contributed by atoms with E-state index in [0.29, 0.717) is 17.6 Å². The summed E-state index contributed by atoms with van der Waals surface area (Å²) in [6.45, 7) is 0. The molecule has 0 aliphatic rings. The van der Waals surface area contributed by atoms with Crippen molar-refractivity contribution in [2.75, 3.05) is 4.90 Å². The first kappa shape index (κ1) is 33.0. The zero-order valence-electron chi connectivity index (χ0n) is 30.4. The van der Waals surface area contributed by atoms with Crippen molar-refractivity contribution >= 4 is 38.9 Å². The van der Waals surface area contributed by atoms with Gasteiger partial charge in [-0.15, -0.1) is 0 Å². The first-order valence-corrected chi connectivity index (χ1v) is 18.8. The van der Waals surface area contributed by atoms with Crippen LogP contribution in [0.4, 0.5) is 17.1 Å². The van der Waals surface area contributed by atoms with E-state index in [1.807, 2.05) is 18.2 Å². The average Bonchev–Trinajstić information content (AvgIpc) is 3.63. The minimum atomic E-state index is 0.569. The number of anilines is 3. The highest BCUT2D eigenvalue weighted by atomic mass is 15.2. The van der Waals surface area contributed by atoms with Crippen LogP contribution in [0.3, 0.4) is 0 Å². The Morgan fingerprint density at radius 1 is 0.339 bits per heavy atom. The van der Waals surface area contributed by atoms with Gasteiger partial charge in [-0.1, -0.05) is 176 Å². The van der Waals surface area contributed by atoms with E-state index in [2.05, 4.69) is 204 Å². The van der Waals surface area contributed by atoms with Gasteiger partial charge in [0.25, 0.3) is 0 Å². The lowest BCUT2D eigenvalue weighted by atomic mass is 10.00. The van der Waals surface area contributed by atoms with Crippen LogP contribution in [0.25, 0.3) is 72.8 Å². The fraction of sp³-hybridized carbons (Fsp3) is 0. The van der Waals surface area contributed by atoms with E-state index >= 15 is 0 Å². The monoisotopic (exact) mass is 717 g/mol. The summed E-state index contributed by atoms with van der Waals surface area (Å²) < 4.78 is 2.21. The summed E-state index contributed by atoms with van der Waals surface area (Å²) in [6, 6.07) is 73.8. The summed E-state index contributed by atoms with van der Waals surface area (Å²) in [7, 11) is 0. The molecule has 0 unspecified atom stereocenters. The third kappa shape index (κ3) is 5.98. The standard InChI is InChI=1S/C51H35N5/c1-5-18-36(19-6-1)43-28-17-29-45-44-27-14-16-31-47(44)56(48(43)45)51-53-49(38-20-7-2-8-21-38)52-50(54-51)39-34-32-37(33-35-39)42-26-13-15-30-46(42)55(40-22-9-3-10-23-40)41-24-11-4-12-25-41/h1-35H. The molecule has 10 rings (SSSR count). The molecule has 5 heteroatoms. The molecule has 0 aliphatic heterocycles. The Bertz CT molecular complexity index is 2900. The van der Waals surface area contributed by atoms with Crippen molar-refractivity contribution in [2.24, 2.45) is 0 Å². The largest absolute Gasteiger partial charge is 0.310 e. The van der Waals surface area contributed by atoms with Gasteiger partial charge in [0.05, 0.1) is 16.7 Å². The van der Waals surface area contributed by atoms with Crippen molar-refractivity contribution in [1.29, 1.82) is 0 Å². The summed E-state index contributed by atoms with van der Waals surface area (Å²) in [5, 5.41) is 2.29. The number of rotatable bonds is 8. The number of para-hydroxylation sites is 5. The Labute approximate surface area is 325 Å². The van der Waals surface area contributed by atoms with Crippen molar-refractivity contribution in [3.8, 4) is 51.0 Å². The third-order valence-electron chi connectivity index (χ3n) is 10.3. The molecule has 0 bridgehead atoms. The normalized spacial score (nSPS) is 11.2. The lowest BCUT2D eigenvalue weighted by Crippen LogP contribution is -2.10. The van der Waals surface area contributed by atoms with Crippen LogP contribution < -0.4 is 4.90 Å². The summed E-state index contributed by atoms with van der Waals surface area (Å²) in [5.41, 5.74) is 11.7. The molecule has 10 aromatic rings. The fourth-order valence-corrected chi connectivity index (χ4v) is 7.68. The molecule has 2 aromatic heterocycles. The van der Waals surface area contributed by atoms with E-state index in [1.54, 1.807) is 0 Å². The smallest absolute Gasteiger partial charge is 0.238 e. The van der Waals surface area contributed by atoms with Gasteiger partial charge in [-0.2, -0.15) is 9.97 Å². The maximum atomic E-state index is 5.27. The summed E-state index contributed by atoms with van der Waals surface area (Å²) >= 11 is 0. The number of fused-ring (bicyclic) bond motifs is 3. The van der Waals surface area contributed by atoms with E-state index in [9.17, 15) is 0 Å². The van der Waals surface area contributed by atoms with Crippen molar-refractivity contribution in [3.63, 3.8) is 0 Å². The van der Waals surface area contributed by atoms with E-state index in [-0.39, 0.29) is 0 Å². The van der Waals surface area contributed by atoms with Crippen LogP contribution in [0.2, 0.25) is 0 Å². The van der Waals surface area contributed by atoms with Gasteiger partial charge in [0, 0.05) is 44.4 Å². The minimum Gasteiger partial charge on any atom is -0.310 e. The summed E-state index contributed by atoms with van der Waals surface area (Å²) in [5.74, 6) is 1.79. The molecule has 0 atom stereocenters. The number of nitrogens with zero attached hydrogens (tertiary/aromatic N) is 5. The van der Waals surface area contributed by atoms with E-state index < -0.39 is 0 Å². The predicted octanol–water partition coefficient (Wildman–Crippen LogP) is 13.1. The molecule has 0 N–H and O–H groups in total. The van der Waals surface area contributed by atoms with E-state index in [4.69, 9.17) is 15.0 Å². The van der Waals surface area contributed by atoms with Gasteiger partial charge in [0.15, 0.2) is 11.6 Å². The Hall–Kier alpha value is -7.63. The van der Waals surface area contributed by atoms with Crippen LogP contribution in [0, 0.1) is 0 Å². The SMILES string of the molecule is c1ccc(-c2nc(-c3ccc(-c4ccccc4N(c4ccccc4)c4ccccc4)cc3)nc(-n3c4ccccc4c4cccc(-c5ccccc5)c43)n2)cc1. The van der Waals surface area contributed by atoms with Gasteiger partial charge < -0.3 is 4.90 Å². The maximum Gasteiger partial charge on any atom is 0.238 e. The van der Waals surface area contributed by atoms with Crippen molar-refractivity contribution < 1.29 is 0 Å². The molecule has 0 aliphatic carbocycles. The number of aromatic nitrogens is 4. The predicted molar refractivity (Wildman–Crippen MR) is 231 cm³/mol. The summed E-state index contributed by atoms with van der Waals surface area (Å²) in [4.78, 5) is 17.9. The molecule has 0 spiro atoms. The van der Waals surface area contributed by atoms with Crippen molar-refractivity contribution in [1.82, 2.24) is 19.5 Å². The number of benzene rings is 8. The zero-order valence-corrected chi connectivity index (χ0v) is 30.4. The van der Waals surface area contributed by atoms with Crippen LogP contribution in [0.1, 0.15) is 0 Å². The molecule has 0 saturated carbocycles. The lowest BCUT2D eigenvalue weighted by Gasteiger charge is -2.27. The highest BCUT2D eigenvalue weighted by molar-refractivity contribution is 6.13. The second kappa shape index (κ2) is 14.3. The van der Waals surface area contributed by atoms with E-state index in [0.717, 1.165) is 72.2 Å². The molecule has 5 nitrogen and oxygen atoms in total. The highest BCUT2D eigenvalue weighted by Gasteiger charge is 2.21. The molecule has 8 aromatic carbocycles. The second-order valence-corrected chi connectivity index (χ2v) is 13.7. The Balaban J connectivity index is 1.14. The molecular weight excluding hydrogens is 683 g/mol. The molecule has 0 saturated heterocycles. The Kier molecular flexibility index (Phi) is 8.43. The Morgan fingerprint density at radius 3 is 1.46 bits per heavy atom. The number of hydrogen-bond donors (Lipinski definition) is 0. The van der Waals surface area contributed by atoms with Gasteiger partial charge >= 0.3 is 0 Å². The van der Waals surface area contributed by atoms with Crippen LogP contribution in [-0.2, 0) is 0 Å². The van der Waals surface area contributed by atoms with E-state index in [1.165, 1.54) is 0 Å². The first-order valence-electron chi connectivity index (χ1n) is 18.8. The van der Waals surface area contributed by atoms with Crippen LogP contribution in [0.15, 0.2) is 212 Å². The third-order valence-corrected chi connectivity index (χ3v) is 10.3. The molecule has 56 heavy (non-hydrogen) atoms. The van der Waals surface area contributed by atoms with Gasteiger partial charge in [0.2, 0.25) is 5.95 Å². The summed E-state index contributed by atoms with van der Waals surface area (Å²) in [6.07, 6.45) is 0. The molecular formula is C51H35N5. The fourth-order valence-electron chi connectivity index (χ4n) is 7.68. The Morgan fingerprint density at radius 2 is 0.804 bits per heavy atom. The van der Waals surface area contributed by atoms with Crippen LogP contribution >= 0.6 is 0 Å². The lowest BCUT2D eigenvalue weighted by molar-refractivity contribution is 0.954. The van der Waals surface area contributed by atoms with Gasteiger partial charge in [-0.3, -0.25) is 4.57 Å². The van der Waals surface area contributed by atoms with Gasteiger partial charge in [-0.05, 0) is 47.5 Å². The maximum absolute atomic E-state index is 5.27. The van der Waals surface area contributed by atoms with Crippen molar-refractivity contribution in [3.05, 3.63) is 212 Å². The number of hydrogen-bond acceptors (Lipinski definition) is 4. The quantitative estimate of drug-likeness (QED) is 0.157. The highest BCUT2D eigenvalue weighted by Crippen LogP contribution is 2.41. The van der Waals surface area contributed by atoms with Gasteiger partial charge in [0.1, 0.15) is 0 Å². The molecule has 0 radical (unpaired) electrons. The van der Waals surface area contributed by atoms with Crippen molar-refractivity contribution in [2.45, 2.75) is 0 Å². The van der Waals surface area contributed by atoms with Crippen LogP contribution in [-0.4, -0.2) is 19.5 Å². The molecule has 264 valence electrons. The first-order chi connectivity index (χ1) is 27.8. The molecule has 2 heterocycles. The topological polar surface area (TPSA) is 46.8 Å². The van der Waals surface area contributed by atoms with Gasteiger partial charge in [-0.25, -0.2) is 4.98 Å². The average molecular weight is 718 g/mol. The molecule has 0 fully saturated rings. The minimum absolute atomic E-state index is 0.569.